The molecule has 0 aliphatic rings. The highest BCUT2D eigenvalue weighted by atomic mass is 32.1. The lowest BCUT2D eigenvalue weighted by molar-refractivity contribution is -0.304. The van der Waals surface area contributed by atoms with Crippen molar-refractivity contribution >= 4 is 23.2 Å². The van der Waals surface area contributed by atoms with Gasteiger partial charge < -0.3 is 15.2 Å². The maximum Gasteiger partial charge on any atom is 0.227 e. The van der Waals surface area contributed by atoms with E-state index in [-0.39, 0.29) is 24.2 Å². The Hall–Kier alpha value is -2.21. The first-order chi connectivity index (χ1) is 11.2. The van der Waals surface area contributed by atoms with E-state index in [2.05, 4.69) is 43.2 Å². The maximum absolute atomic E-state index is 12.0. The summed E-state index contributed by atoms with van der Waals surface area (Å²) in [7, 11) is 0. The van der Waals surface area contributed by atoms with Gasteiger partial charge in [-0.15, -0.1) is 11.3 Å². The normalized spacial score (nSPS) is 11.3. The molecule has 0 saturated carbocycles. The van der Waals surface area contributed by atoms with Crippen LogP contribution in [0.1, 0.15) is 42.6 Å². The molecule has 1 aromatic carbocycles. The van der Waals surface area contributed by atoms with Crippen LogP contribution in [0.2, 0.25) is 0 Å². The fourth-order valence-corrected chi connectivity index (χ4v) is 2.97. The van der Waals surface area contributed by atoms with Gasteiger partial charge in [-0.25, -0.2) is 4.98 Å². The molecule has 0 fully saturated rings. The fraction of sp³-hybridized carbons (Fsp3) is 0.389. The van der Waals surface area contributed by atoms with Crippen molar-refractivity contribution in [3.05, 3.63) is 51.5 Å². The Kier molecular flexibility index (Phi) is 5.72. The summed E-state index contributed by atoms with van der Waals surface area (Å²) in [5.74, 6) is -1.31. The van der Waals surface area contributed by atoms with E-state index in [4.69, 9.17) is 0 Å². The summed E-state index contributed by atoms with van der Waals surface area (Å²) in [5.41, 5.74) is 2.82. The average Bonchev–Trinajstić information content (AvgIpc) is 2.91. The zero-order chi connectivity index (χ0) is 17.7. The number of benzene rings is 1. The molecule has 0 radical (unpaired) electrons. The molecule has 0 aliphatic heterocycles. The van der Waals surface area contributed by atoms with Gasteiger partial charge in [0.25, 0.3) is 0 Å². The molecule has 2 aromatic rings. The van der Waals surface area contributed by atoms with Crippen molar-refractivity contribution in [2.75, 3.05) is 0 Å². The second-order valence-corrected chi connectivity index (χ2v) is 7.62. The minimum atomic E-state index is -1.17. The van der Waals surface area contributed by atoms with Crippen molar-refractivity contribution in [3.63, 3.8) is 0 Å². The van der Waals surface area contributed by atoms with E-state index in [1.165, 1.54) is 16.9 Å². The number of carbonyl (C=O) groups is 2. The summed E-state index contributed by atoms with van der Waals surface area (Å²) in [4.78, 5) is 26.6. The molecule has 5 nitrogen and oxygen atoms in total. The summed E-state index contributed by atoms with van der Waals surface area (Å²) in [6, 6.07) is 8.19. The summed E-state index contributed by atoms with van der Waals surface area (Å²) in [5, 5.41) is 15.6. The second-order valence-electron chi connectivity index (χ2n) is 6.68. The van der Waals surface area contributed by atoms with Crippen molar-refractivity contribution in [1.29, 1.82) is 0 Å². The first-order valence-corrected chi connectivity index (χ1v) is 8.61. The Morgan fingerprint density at radius 1 is 1.17 bits per heavy atom. The number of aliphatic carboxylic acids is 1. The fourth-order valence-electron chi connectivity index (χ4n) is 2.18. The van der Waals surface area contributed by atoms with Gasteiger partial charge in [-0.1, -0.05) is 45.0 Å². The van der Waals surface area contributed by atoms with Crippen molar-refractivity contribution in [2.45, 2.75) is 45.6 Å². The third-order valence-electron chi connectivity index (χ3n) is 3.55. The predicted molar refractivity (Wildman–Crippen MR) is 91.5 cm³/mol. The number of carbonyl (C=O) groups excluding carboxylic acids is 2. The molecule has 1 amide bonds. The lowest BCUT2D eigenvalue weighted by Crippen LogP contribution is -2.25. The van der Waals surface area contributed by atoms with Crippen LogP contribution in [0.15, 0.2) is 29.6 Å². The predicted octanol–water partition coefficient (Wildman–Crippen LogP) is 1.59. The number of hydrogen-bond acceptors (Lipinski definition) is 5. The molecule has 0 unspecified atom stereocenters. The SMILES string of the molecule is CC(C)(C)c1ccc(CNC(=O)Cc2nc(CC(=O)[O-])cs2)cc1. The Morgan fingerprint density at radius 3 is 2.42 bits per heavy atom. The van der Waals surface area contributed by atoms with Gasteiger partial charge >= 0.3 is 0 Å². The Morgan fingerprint density at radius 2 is 1.83 bits per heavy atom. The zero-order valence-corrected chi connectivity index (χ0v) is 14.9. The van der Waals surface area contributed by atoms with Gasteiger partial charge in [0.1, 0.15) is 5.01 Å². The topological polar surface area (TPSA) is 82.1 Å². The zero-order valence-electron chi connectivity index (χ0n) is 14.1. The number of carboxylic acid groups (broad SMARTS) is 1. The van der Waals surface area contributed by atoms with Gasteiger partial charge in [-0.05, 0) is 16.5 Å². The van der Waals surface area contributed by atoms with Crippen molar-refractivity contribution < 1.29 is 14.7 Å². The lowest BCUT2D eigenvalue weighted by atomic mass is 9.87. The van der Waals surface area contributed by atoms with Crippen LogP contribution in [-0.2, 0) is 34.4 Å². The van der Waals surface area contributed by atoms with Crippen LogP contribution in [0.4, 0.5) is 0 Å². The van der Waals surface area contributed by atoms with Crippen LogP contribution in [0.25, 0.3) is 0 Å². The first-order valence-electron chi connectivity index (χ1n) is 7.73. The van der Waals surface area contributed by atoms with Crippen molar-refractivity contribution in [1.82, 2.24) is 10.3 Å². The lowest BCUT2D eigenvalue weighted by Gasteiger charge is -2.19. The van der Waals surface area contributed by atoms with Crippen molar-refractivity contribution in [3.8, 4) is 0 Å². The monoisotopic (exact) mass is 345 g/mol. The highest BCUT2D eigenvalue weighted by Gasteiger charge is 2.13. The Balaban J connectivity index is 1.84. The quantitative estimate of drug-likeness (QED) is 0.862. The van der Waals surface area contributed by atoms with E-state index in [1.807, 2.05) is 12.1 Å². The number of carboxylic acids is 1. The molecule has 0 bridgehead atoms. The average molecular weight is 345 g/mol. The van der Waals surface area contributed by atoms with E-state index in [9.17, 15) is 14.7 Å². The van der Waals surface area contributed by atoms with Crippen LogP contribution < -0.4 is 10.4 Å². The molecule has 0 atom stereocenters. The van der Waals surface area contributed by atoms with Crippen LogP contribution in [-0.4, -0.2) is 16.9 Å². The summed E-state index contributed by atoms with van der Waals surface area (Å²) < 4.78 is 0. The number of nitrogens with zero attached hydrogens (tertiary/aromatic N) is 1. The summed E-state index contributed by atoms with van der Waals surface area (Å²) in [6.45, 7) is 6.94. The number of nitrogens with one attached hydrogen (secondary N) is 1. The van der Waals surface area contributed by atoms with Gasteiger partial charge in [-0.2, -0.15) is 0 Å². The molecule has 0 spiro atoms. The minimum Gasteiger partial charge on any atom is -0.550 e. The molecule has 6 heteroatoms. The first kappa shape index (κ1) is 18.1. The van der Waals surface area contributed by atoms with Crippen LogP contribution in [0.3, 0.4) is 0 Å². The Labute approximate surface area is 145 Å². The van der Waals surface area contributed by atoms with Gasteiger partial charge in [0.2, 0.25) is 5.91 Å². The van der Waals surface area contributed by atoms with E-state index in [0.29, 0.717) is 17.2 Å². The molecule has 128 valence electrons. The Bertz CT molecular complexity index is 715. The molecule has 24 heavy (non-hydrogen) atoms. The third-order valence-corrected chi connectivity index (χ3v) is 4.44. The van der Waals surface area contributed by atoms with E-state index < -0.39 is 5.97 Å². The standard InChI is InChI=1S/C18H22N2O3S/c1-18(2,3)13-6-4-12(5-7-13)10-19-15(21)9-16-20-14(11-24-16)8-17(22)23/h4-7,11H,8-10H2,1-3H3,(H,19,21)(H,22,23)/p-1. The van der Waals surface area contributed by atoms with E-state index in [1.54, 1.807) is 5.38 Å². The number of hydrogen-bond donors (Lipinski definition) is 1. The highest BCUT2D eigenvalue weighted by Crippen LogP contribution is 2.22. The molecule has 1 N–H and O–H groups in total. The van der Waals surface area contributed by atoms with Crippen LogP contribution in [0.5, 0.6) is 0 Å². The van der Waals surface area contributed by atoms with Gasteiger partial charge in [0, 0.05) is 24.3 Å². The molecular formula is C18H21N2O3S-. The van der Waals surface area contributed by atoms with Crippen LogP contribution >= 0.6 is 11.3 Å². The summed E-state index contributed by atoms with van der Waals surface area (Å²) >= 11 is 1.28. The summed E-state index contributed by atoms with van der Waals surface area (Å²) in [6.07, 6.45) is -0.0734. The van der Waals surface area contributed by atoms with Crippen molar-refractivity contribution in [2.24, 2.45) is 0 Å². The molecule has 0 aliphatic carbocycles. The van der Waals surface area contributed by atoms with Gasteiger partial charge in [0.15, 0.2) is 0 Å². The highest BCUT2D eigenvalue weighted by molar-refractivity contribution is 7.09. The van der Waals surface area contributed by atoms with E-state index in [0.717, 1.165) is 5.56 Å². The van der Waals surface area contributed by atoms with Gasteiger partial charge in [-0.3, -0.25) is 4.79 Å². The number of thiazole rings is 1. The van der Waals surface area contributed by atoms with Gasteiger partial charge in [0.05, 0.1) is 12.1 Å². The van der Waals surface area contributed by atoms with E-state index >= 15 is 0 Å². The van der Waals surface area contributed by atoms with Crippen LogP contribution in [0, 0.1) is 0 Å². The number of amides is 1. The molecule has 2 rings (SSSR count). The molecule has 1 heterocycles. The second kappa shape index (κ2) is 7.57. The largest absolute Gasteiger partial charge is 0.550 e. The smallest absolute Gasteiger partial charge is 0.227 e. The minimum absolute atomic E-state index is 0.107. The molecular weight excluding hydrogens is 324 g/mol. The third kappa shape index (κ3) is 5.45. The molecule has 1 aromatic heterocycles. The molecule has 0 saturated heterocycles. The number of aromatic nitrogens is 1. The maximum atomic E-state index is 12.0. The number of rotatable bonds is 6.